The van der Waals surface area contributed by atoms with Gasteiger partial charge in [0, 0.05) is 9.13 Å². The molecule has 0 unspecified atom stereocenters. The molecule has 0 amide bonds. The van der Waals surface area contributed by atoms with Crippen molar-refractivity contribution in [2.75, 3.05) is 0 Å². The highest BCUT2D eigenvalue weighted by Gasteiger charge is 2.36. The molecule has 0 fully saturated rings. The van der Waals surface area contributed by atoms with Gasteiger partial charge >= 0.3 is 0 Å². The van der Waals surface area contributed by atoms with Crippen LogP contribution >= 0.6 is 34.2 Å². The predicted octanol–water partition coefficient (Wildman–Crippen LogP) is 5.77. The van der Waals surface area contributed by atoms with Gasteiger partial charge in [-0.05, 0) is 66.8 Å². The van der Waals surface area contributed by atoms with Crippen molar-refractivity contribution in [1.29, 1.82) is 0 Å². The summed E-state index contributed by atoms with van der Waals surface area (Å²) >= 11 is 8.43. The highest BCUT2D eigenvalue weighted by Crippen LogP contribution is 2.45. The maximum atomic E-state index is 14.3. The van der Waals surface area contributed by atoms with Crippen LogP contribution in [0.5, 0.6) is 5.75 Å². The average molecular weight is 455 g/mol. The first-order chi connectivity index (χ1) is 11.4. The second kappa shape index (κ2) is 5.46. The van der Waals surface area contributed by atoms with Gasteiger partial charge in [-0.2, -0.15) is 0 Å². The van der Waals surface area contributed by atoms with E-state index in [0.29, 0.717) is 10.8 Å². The molecule has 6 heteroatoms. The van der Waals surface area contributed by atoms with Crippen LogP contribution in [0, 0.1) is 9.39 Å². The molecular weight excluding hydrogens is 442 g/mol. The smallest absolute Gasteiger partial charge is 0.145 e. The first-order valence-electron chi connectivity index (χ1n) is 7.40. The maximum absolute atomic E-state index is 14.3. The molecule has 0 saturated carbocycles. The van der Waals surface area contributed by atoms with Crippen LogP contribution in [0.3, 0.4) is 0 Å². The molecule has 24 heavy (non-hydrogen) atoms. The number of nitrogens with zero attached hydrogens (tertiary/aromatic N) is 1. The summed E-state index contributed by atoms with van der Waals surface area (Å²) in [5, 5.41) is 0.322. The minimum Gasteiger partial charge on any atom is -0.481 e. The fourth-order valence-electron chi connectivity index (χ4n) is 2.95. The Kier molecular flexibility index (Phi) is 3.61. The molecule has 0 radical (unpaired) electrons. The van der Waals surface area contributed by atoms with Crippen molar-refractivity contribution in [3.05, 3.63) is 56.5 Å². The second-order valence-corrected chi connectivity index (χ2v) is 7.81. The Hall–Kier alpha value is -1.60. The van der Waals surface area contributed by atoms with Gasteiger partial charge in [0.15, 0.2) is 0 Å². The van der Waals surface area contributed by atoms with E-state index in [0.717, 1.165) is 26.3 Å². The lowest BCUT2D eigenvalue weighted by molar-refractivity contribution is 0.101. The molecule has 1 aliphatic rings. The molecule has 0 spiro atoms. The molecule has 4 rings (SSSR count). The van der Waals surface area contributed by atoms with E-state index >= 15 is 0 Å². The summed E-state index contributed by atoms with van der Waals surface area (Å²) in [6.07, 6.45) is 0. The van der Waals surface area contributed by atoms with Crippen molar-refractivity contribution in [3.8, 4) is 28.4 Å². The first-order valence-corrected chi connectivity index (χ1v) is 8.86. The molecule has 1 aromatic heterocycles. The molecule has 0 bridgehead atoms. The Morgan fingerprint density at radius 1 is 1.25 bits per heavy atom. The molecule has 3 nitrogen and oxygen atoms in total. The molecule has 0 atom stereocenters. The van der Waals surface area contributed by atoms with Crippen molar-refractivity contribution in [2.45, 2.75) is 19.4 Å². The van der Waals surface area contributed by atoms with E-state index < -0.39 is 11.4 Å². The zero-order valence-corrected chi connectivity index (χ0v) is 15.9. The lowest BCUT2D eigenvalue weighted by Gasteiger charge is -2.31. The number of H-pyrrole nitrogens is 1. The number of hydrogen-bond donors (Lipinski definition) is 1. The zero-order valence-electron chi connectivity index (χ0n) is 13.0. The second-order valence-electron chi connectivity index (χ2n) is 6.16. The van der Waals surface area contributed by atoms with Crippen molar-refractivity contribution < 1.29 is 9.13 Å². The van der Waals surface area contributed by atoms with Crippen LogP contribution in [0.25, 0.3) is 22.6 Å². The number of fused-ring (bicyclic) bond motifs is 3. The van der Waals surface area contributed by atoms with Crippen LogP contribution in [0.15, 0.2) is 36.4 Å². The lowest BCUT2D eigenvalue weighted by atomic mass is 9.95. The van der Waals surface area contributed by atoms with Crippen molar-refractivity contribution in [1.82, 2.24) is 9.97 Å². The standard InChI is InChI=1S/C18H13ClFIN2O/c1-18(2)16-15(10-7-6-9(21)8-13(10)24-18)22-17(23-16)14-11(19)4-3-5-12(14)20/h3-8H,1-2H3,(H,22,23). The van der Waals surface area contributed by atoms with Crippen molar-refractivity contribution in [2.24, 2.45) is 0 Å². The molecule has 1 aliphatic heterocycles. The number of halogens is 3. The molecule has 122 valence electrons. The number of rotatable bonds is 1. The van der Waals surface area contributed by atoms with E-state index in [9.17, 15) is 4.39 Å². The third kappa shape index (κ3) is 2.41. The topological polar surface area (TPSA) is 37.9 Å². The quantitative estimate of drug-likeness (QED) is 0.474. The summed E-state index contributed by atoms with van der Waals surface area (Å²) in [6.45, 7) is 3.92. The first kappa shape index (κ1) is 15.9. The van der Waals surface area contributed by atoms with Crippen LogP contribution in [0.4, 0.5) is 4.39 Å². The molecule has 3 aromatic rings. The maximum Gasteiger partial charge on any atom is 0.145 e. The highest BCUT2D eigenvalue weighted by molar-refractivity contribution is 14.1. The monoisotopic (exact) mass is 454 g/mol. The van der Waals surface area contributed by atoms with Gasteiger partial charge in [-0.1, -0.05) is 17.7 Å². The summed E-state index contributed by atoms with van der Waals surface area (Å²) in [6, 6.07) is 10.5. The predicted molar refractivity (Wildman–Crippen MR) is 101 cm³/mol. The Labute approximate surface area is 157 Å². The number of imidazole rings is 1. The Morgan fingerprint density at radius 2 is 2.04 bits per heavy atom. The zero-order chi connectivity index (χ0) is 17.1. The summed E-state index contributed by atoms with van der Waals surface area (Å²) in [7, 11) is 0. The van der Waals surface area contributed by atoms with Crippen LogP contribution in [-0.2, 0) is 5.60 Å². The fraction of sp³-hybridized carbons (Fsp3) is 0.167. The molecule has 2 aromatic carbocycles. The Bertz CT molecular complexity index is 947. The van der Waals surface area contributed by atoms with Gasteiger partial charge in [0.05, 0.1) is 22.0 Å². The van der Waals surface area contributed by atoms with E-state index in [4.69, 9.17) is 16.3 Å². The van der Waals surface area contributed by atoms with Gasteiger partial charge in [0.2, 0.25) is 0 Å². The van der Waals surface area contributed by atoms with Crippen LogP contribution < -0.4 is 4.74 Å². The van der Waals surface area contributed by atoms with Gasteiger partial charge < -0.3 is 9.72 Å². The van der Waals surface area contributed by atoms with E-state index in [1.807, 2.05) is 32.0 Å². The van der Waals surface area contributed by atoms with Gasteiger partial charge in [-0.3, -0.25) is 0 Å². The number of ether oxygens (including phenoxy) is 1. The molecule has 0 saturated heterocycles. The Morgan fingerprint density at radius 3 is 2.79 bits per heavy atom. The van der Waals surface area contributed by atoms with Crippen LogP contribution in [0.2, 0.25) is 5.02 Å². The lowest BCUT2D eigenvalue weighted by Crippen LogP contribution is -2.29. The molecule has 0 aliphatic carbocycles. The summed E-state index contributed by atoms with van der Waals surface area (Å²) in [4.78, 5) is 7.86. The van der Waals surface area contributed by atoms with Crippen molar-refractivity contribution >= 4 is 34.2 Å². The van der Waals surface area contributed by atoms with Gasteiger partial charge in [-0.15, -0.1) is 0 Å². The third-order valence-electron chi connectivity index (χ3n) is 4.07. The highest BCUT2D eigenvalue weighted by atomic mass is 127. The number of benzene rings is 2. The minimum atomic E-state index is -0.601. The molecule has 2 heterocycles. The SMILES string of the molecule is CC1(C)Oc2cc(I)ccc2-c2nc(-c3c(F)cccc3Cl)[nH]c21. The number of hydrogen-bond acceptors (Lipinski definition) is 2. The number of aromatic nitrogens is 2. The Balaban J connectivity index is 1.97. The van der Waals surface area contributed by atoms with E-state index in [1.165, 1.54) is 6.07 Å². The van der Waals surface area contributed by atoms with Gasteiger partial charge in [0.25, 0.3) is 0 Å². The van der Waals surface area contributed by atoms with E-state index in [-0.39, 0.29) is 5.56 Å². The summed E-state index contributed by atoms with van der Waals surface area (Å²) in [5.41, 5.74) is 2.14. The molecular formula is C18H13ClFIN2O. The van der Waals surface area contributed by atoms with Crippen molar-refractivity contribution in [3.63, 3.8) is 0 Å². The largest absolute Gasteiger partial charge is 0.481 e. The number of nitrogens with one attached hydrogen (secondary N) is 1. The average Bonchev–Trinajstić information content (AvgIpc) is 2.92. The fourth-order valence-corrected chi connectivity index (χ4v) is 3.66. The summed E-state index contributed by atoms with van der Waals surface area (Å²) < 4.78 is 21.5. The minimum absolute atomic E-state index is 0.274. The van der Waals surface area contributed by atoms with Crippen LogP contribution in [-0.4, -0.2) is 9.97 Å². The summed E-state index contributed by atoms with van der Waals surface area (Å²) in [5.74, 6) is 0.776. The normalized spacial score (nSPS) is 14.7. The van der Waals surface area contributed by atoms with Crippen LogP contribution in [0.1, 0.15) is 19.5 Å². The van der Waals surface area contributed by atoms with Gasteiger partial charge in [-0.25, -0.2) is 9.37 Å². The number of aromatic amines is 1. The molecule has 1 N–H and O–H groups in total. The third-order valence-corrected chi connectivity index (χ3v) is 5.06. The van der Waals surface area contributed by atoms with E-state index in [2.05, 4.69) is 32.6 Å². The van der Waals surface area contributed by atoms with Gasteiger partial charge in [0.1, 0.15) is 23.0 Å². The van der Waals surface area contributed by atoms with E-state index in [1.54, 1.807) is 12.1 Å².